The van der Waals surface area contributed by atoms with Crippen LogP contribution in [0.15, 0.2) is 27.4 Å². The van der Waals surface area contributed by atoms with E-state index >= 15 is 0 Å². The zero-order chi connectivity index (χ0) is 13.4. The number of carbonyl (C=O) groups is 2. The van der Waals surface area contributed by atoms with Crippen LogP contribution in [0, 0.1) is 6.92 Å². The number of Topliss-reactive ketones (excluding diaryl/α,β-unsaturated/α-hetero) is 1. The third-order valence-electron chi connectivity index (χ3n) is 2.52. The van der Waals surface area contributed by atoms with E-state index in [1.165, 1.54) is 18.2 Å². The Balaban J connectivity index is 2.95. The zero-order valence-electron chi connectivity index (χ0n) is 9.26. The van der Waals surface area contributed by atoms with Gasteiger partial charge in [0, 0.05) is 11.5 Å². The third-order valence-corrected chi connectivity index (χ3v) is 2.52. The lowest BCUT2D eigenvalue weighted by atomic mass is 10.0. The average molecular weight is 248 g/mol. The summed E-state index contributed by atoms with van der Waals surface area (Å²) in [5, 5.41) is 18.6. The molecule has 92 valence electrons. The molecule has 0 amide bonds. The smallest absolute Gasteiger partial charge is 0.377 e. The number of phenols is 1. The number of aryl methyl sites for hydroxylation is 1. The van der Waals surface area contributed by atoms with Gasteiger partial charge in [0.2, 0.25) is 0 Å². The monoisotopic (exact) mass is 248 g/mol. The minimum atomic E-state index is -1.73. The minimum Gasteiger partial charge on any atom is -0.507 e. The molecule has 2 N–H and O–H groups in total. The van der Waals surface area contributed by atoms with Crippen LogP contribution in [0.4, 0.5) is 0 Å². The first-order valence-corrected chi connectivity index (χ1v) is 4.96. The van der Waals surface area contributed by atoms with Crippen LogP contribution in [0.1, 0.15) is 15.9 Å². The molecular formula is C12H8O6. The molecule has 0 saturated heterocycles. The predicted octanol–water partition coefficient (Wildman–Crippen LogP) is 1.07. The maximum atomic E-state index is 11.5. The molecule has 0 spiro atoms. The van der Waals surface area contributed by atoms with Gasteiger partial charge in [-0.25, -0.2) is 9.59 Å². The Morgan fingerprint density at radius 1 is 1.28 bits per heavy atom. The van der Waals surface area contributed by atoms with E-state index < -0.39 is 28.7 Å². The Labute approximate surface area is 100 Å². The third kappa shape index (κ3) is 1.73. The molecule has 1 aromatic carbocycles. The lowest BCUT2D eigenvalue weighted by molar-refractivity contribution is -0.131. The molecule has 0 bridgehead atoms. The molecule has 1 heterocycles. The van der Waals surface area contributed by atoms with Crippen LogP contribution in [0.2, 0.25) is 0 Å². The lowest BCUT2D eigenvalue weighted by Crippen LogP contribution is -2.14. The summed E-state index contributed by atoms with van der Waals surface area (Å²) < 4.78 is 4.83. The molecule has 2 rings (SSSR count). The highest BCUT2D eigenvalue weighted by atomic mass is 16.4. The Morgan fingerprint density at radius 3 is 2.56 bits per heavy atom. The van der Waals surface area contributed by atoms with Gasteiger partial charge in [-0.3, -0.25) is 4.79 Å². The number of hydrogen-bond donors (Lipinski definition) is 2. The number of benzene rings is 1. The number of fused-ring (bicyclic) bond motifs is 1. The van der Waals surface area contributed by atoms with Crippen molar-refractivity contribution in [2.24, 2.45) is 0 Å². The summed E-state index contributed by atoms with van der Waals surface area (Å²) in [4.78, 5) is 33.4. The Kier molecular flexibility index (Phi) is 2.63. The summed E-state index contributed by atoms with van der Waals surface area (Å²) in [6, 6.07) is 3.85. The molecule has 0 aliphatic carbocycles. The molecular weight excluding hydrogens is 240 g/mol. The SMILES string of the molecule is Cc1cc(=O)oc2c(C(=O)C(=O)O)c(O)ccc12. The van der Waals surface area contributed by atoms with Gasteiger partial charge in [0.15, 0.2) is 5.58 Å². The zero-order valence-corrected chi connectivity index (χ0v) is 9.26. The van der Waals surface area contributed by atoms with Gasteiger partial charge in [-0.05, 0) is 24.6 Å². The second kappa shape index (κ2) is 3.99. The van der Waals surface area contributed by atoms with E-state index in [2.05, 4.69) is 0 Å². The number of aliphatic carboxylic acids is 1. The van der Waals surface area contributed by atoms with Gasteiger partial charge < -0.3 is 14.6 Å². The predicted molar refractivity (Wildman–Crippen MR) is 60.9 cm³/mol. The van der Waals surface area contributed by atoms with Gasteiger partial charge in [-0.2, -0.15) is 0 Å². The van der Waals surface area contributed by atoms with Crippen molar-refractivity contribution in [3.05, 3.63) is 39.7 Å². The van der Waals surface area contributed by atoms with Crippen LogP contribution in [0.3, 0.4) is 0 Å². The van der Waals surface area contributed by atoms with E-state index in [0.29, 0.717) is 10.9 Å². The maximum Gasteiger partial charge on any atom is 0.377 e. The van der Waals surface area contributed by atoms with Crippen molar-refractivity contribution in [1.82, 2.24) is 0 Å². The summed E-state index contributed by atoms with van der Waals surface area (Å²) in [6.07, 6.45) is 0. The molecule has 1 aromatic heterocycles. The minimum absolute atomic E-state index is 0.215. The first-order chi connectivity index (χ1) is 8.41. The first-order valence-electron chi connectivity index (χ1n) is 4.96. The van der Waals surface area contributed by atoms with Gasteiger partial charge in [0.05, 0.1) is 0 Å². The molecule has 6 nitrogen and oxygen atoms in total. The van der Waals surface area contributed by atoms with Crippen molar-refractivity contribution < 1.29 is 24.2 Å². The summed E-state index contributed by atoms with van der Waals surface area (Å²) in [5.41, 5.74) is -0.918. The first kappa shape index (κ1) is 11.8. The molecule has 6 heteroatoms. The van der Waals surface area contributed by atoms with Crippen molar-refractivity contribution >= 4 is 22.7 Å². The summed E-state index contributed by atoms with van der Waals surface area (Å²) in [6.45, 7) is 1.62. The van der Waals surface area contributed by atoms with Crippen LogP contribution in [0.25, 0.3) is 11.0 Å². The van der Waals surface area contributed by atoms with Gasteiger partial charge in [0.1, 0.15) is 11.3 Å². The second-order valence-corrected chi connectivity index (χ2v) is 3.72. The van der Waals surface area contributed by atoms with Crippen LogP contribution < -0.4 is 5.63 Å². The fourth-order valence-corrected chi connectivity index (χ4v) is 1.70. The number of ketones is 1. The average Bonchev–Trinajstić information content (AvgIpc) is 2.27. The van der Waals surface area contributed by atoms with Gasteiger partial charge in [-0.1, -0.05) is 0 Å². The van der Waals surface area contributed by atoms with Crippen LogP contribution in [0.5, 0.6) is 5.75 Å². The van der Waals surface area contributed by atoms with Crippen LogP contribution >= 0.6 is 0 Å². The Bertz CT molecular complexity index is 725. The number of aromatic hydroxyl groups is 1. The van der Waals surface area contributed by atoms with E-state index in [-0.39, 0.29) is 5.58 Å². The van der Waals surface area contributed by atoms with Gasteiger partial charge >= 0.3 is 11.6 Å². The van der Waals surface area contributed by atoms with Crippen molar-refractivity contribution in [1.29, 1.82) is 0 Å². The van der Waals surface area contributed by atoms with E-state index in [1.54, 1.807) is 6.92 Å². The summed E-state index contributed by atoms with van der Waals surface area (Å²) in [5.74, 6) is -3.60. The number of rotatable bonds is 2. The van der Waals surface area contributed by atoms with Gasteiger partial charge in [-0.15, -0.1) is 0 Å². The number of carboxylic acid groups (broad SMARTS) is 1. The fraction of sp³-hybridized carbons (Fsp3) is 0.0833. The Morgan fingerprint density at radius 2 is 1.94 bits per heavy atom. The highest BCUT2D eigenvalue weighted by Crippen LogP contribution is 2.28. The van der Waals surface area contributed by atoms with E-state index in [1.807, 2.05) is 0 Å². The molecule has 0 unspecified atom stereocenters. The lowest BCUT2D eigenvalue weighted by Gasteiger charge is -2.06. The summed E-state index contributed by atoms with van der Waals surface area (Å²) >= 11 is 0. The van der Waals surface area contributed by atoms with E-state index in [0.717, 1.165) is 0 Å². The fourth-order valence-electron chi connectivity index (χ4n) is 1.70. The quantitative estimate of drug-likeness (QED) is 0.468. The number of hydrogen-bond acceptors (Lipinski definition) is 5. The van der Waals surface area contributed by atoms with Gasteiger partial charge in [0.25, 0.3) is 5.78 Å². The number of carboxylic acids is 1. The molecule has 0 atom stereocenters. The maximum absolute atomic E-state index is 11.5. The topological polar surface area (TPSA) is 105 Å². The van der Waals surface area contributed by atoms with Crippen molar-refractivity contribution in [2.45, 2.75) is 6.92 Å². The molecule has 0 aliphatic heterocycles. The highest BCUT2D eigenvalue weighted by Gasteiger charge is 2.24. The van der Waals surface area contributed by atoms with Crippen LogP contribution in [-0.4, -0.2) is 22.0 Å². The Hall–Kier alpha value is -2.63. The number of carbonyl (C=O) groups excluding carboxylic acids is 1. The normalized spacial score (nSPS) is 10.5. The standard InChI is InChI=1S/C12H8O6/c1-5-4-8(14)18-11-6(5)2-3-7(13)9(11)10(15)12(16)17/h2-4,13H,1H3,(H,16,17). The second-order valence-electron chi connectivity index (χ2n) is 3.72. The molecule has 0 fully saturated rings. The molecule has 2 aromatic rings. The van der Waals surface area contributed by atoms with E-state index in [9.17, 15) is 19.5 Å². The summed E-state index contributed by atoms with van der Waals surface area (Å²) in [7, 11) is 0. The van der Waals surface area contributed by atoms with Crippen molar-refractivity contribution in [3.63, 3.8) is 0 Å². The highest BCUT2D eigenvalue weighted by molar-refractivity contribution is 6.42. The molecule has 0 aliphatic rings. The number of phenolic OH excluding ortho intramolecular Hbond substituents is 1. The molecule has 0 radical (unpaired) electrons. The van der Waals surface area contributed by atoms with Crippen molar-refractivity contribution in [3.8, 4) is 5.75 Å². The van der Waals surface area contributed by atoms with Crippen molar-refractivity contribution in [2.75, 3.05) is 0 Å². The molecule has 0 saturated carbocycles. The molecule has 18 heavy (non-hydrogen) atoms. The largest absolute Gasteiger partial charge is 0.507 e. The van der Waals surface area contributed by atoms with E-state index in [4.69, 9.17) is 9.52 Å². The van der Waals surface area contributed by atoms with Crippen LogP contribution in [-0.2, 0) is 4.79 Å².